The SMILES string of the molecule is CCC=CCC(=O)N[C@@H]1CCOC1=O. The maximum absolute atomic E-state index is 11.2. The van der Waals surface area contributed by atoms with Gasteiger partial charge in [-0.25, -0.2) is 4.79 Å². The second-order valence-electron chi connectivity index (χ2n) is 3.16. The van der Waals surface area contributed by atoms with Crippen LogP contribution in [0.15, 0.2) is 12.2 Å². The summed E-state index contributed by atoms with van der Waals surface area (Å²) in [5.41, 5.74) is 0. The Bertz CT molecular complexity index is 248. The van der Waals surface area contributed by atoms with Gasteiger partial charge in [0.05, 0.1) is 6.61 Å². The van der Waals surface area contributed by atoms with Gasteiger partial charge in [-0.05, 0) is 6.42 Å². The first kappa shape index (κ1) is 10.8. The van der Waals surface area contributed by atoms with E-state index in [4.69, 9.17) is 4.74 Å². The highest BCUT2D eigenvalue weighted by atomic mass is 16.5. The van der Waals surface area contributed by atoms with Crippen LogP contribution < -0.4 is 5.32 Å². The number of amides is 1. The van der Waals surface area contributed by atoms with Gasteiger partial charge in [0, 0.05) is 12.8 Å². The number of carbonyl (C=O) groups excluding carboxylic acids is 2. The van der Waals surface area contributed by atoms with E-state index in [9.17, 15) is 9.59 Å². The number of hydrogen-bond acceptors (Lipinski definition) is 3. The monoisotopic (exact) mass is 197 g/mol. The minimum Gasteiger partial charge on any atom is -0.464 e. The Kier molecular flexibility index (Phi) is 4.16. The van der Waals surface area contributed by atoms with E-state index in [1.807, 2.05) is 13.0 Å². The molecule has 4 nitrogen and oxygen atoms in total. The van der Waals surface area contributed by atoms with Gasteiger partial charge in [0.1, 0.15) is 6.04 Å². The normalized spacial score (nSPS) is 21.2. The van der Waals surface area contributed by atoms with Gasteiger partial charge in [-0.15, -0.1) is 0 Å². The smallest absolute Gasteiger partial charge is 0.328 e. The Hall–Kier alpha value is -1.32. The lowest BCUT2D eigenvalue weighted by Crippen LogP contribution is -2.37. The molecule has 0 spiro atoms. The highest BCUT2D eigenvalue weighted by Gasteiger charge is 2.27. The third-order valence-electron chi connectivity index (χ3n) is 1.98. The second-order valence-corrected chi connectivity index (χ2v) is 3.16. The zero-order valence-corrected chi connectivity index (χ0v) is 8.29. The average molecular weight is 197 g/mol. The van der Waals surface area contributed by atoms with Crippen molar-refractivity contribution in [1.82, 2.24) is 5.32 Å². The molecule has 1 saturated heterocycles. The zero-order valence-electron chi connectivity index (χ0n) is 8.29. The van der Waals surface area contributed by atoms with Gasteiger partial charge in [-0.1, -0.05) is 19.1 Å². The van der Waals surface area contributed by atoms with Crippen LogP contribution in [0.3, 0.4) is 0 Å². The van der Waals surface area contributed by atoms with E-state index in [1.165, 1.54) is 0 Å². The van der Waals surface area contributed by atoms with Crippen LogP contribution in [0.1, 0.15) is 26.2 Å². The lowest BCUT2D eigenvalue weighted by Gasteiger charge is -2.06. The molecule has 1 N–H and O–H groups in total. The largest absolute Gasteiger partial charge is 0.464 e. The van der Waals surface area contributed by atoms with Crippen LogP contribution in [0.25, 0.3) is 0 Å². The van der Waals surface area contributed by atoms with Gasteiger partial charge in [-0.2, -0.15) is 0 Å². The van der Waals surface area contributed by atoms with Crippen molar-refractivity contribution >= 4 is 11.9 Å². The number of cyclic esters (lactones) is 1. The Morgan fingerprint density at radius 1 is 1.64 bits per heavy atom. The quantitative estimate of drug-likeness (QED) is 0.535. The van der Waals surface area contributed by atoms with Gasteiger partial charge >= 0.3 is 5.97 Å². The van der Waals surface area contributed by atoms with Gasteiger partial charge < -0.3 is 10.1 Å². The lowest BCUT2D eigenvalue weighted by atomic mass is 10.2. The Balaban J connectivity index is 2.26. The van der Waals surface area contributed by atoms with E-state index in [1.54, 1.807) is 6.08 Å². The first-order valence-electron chi connectivity index (χ1n) is 4.85. The molecule has 1 aliphatic rings. The van der Waals surface area contributed by atoms with Crippen molar-refractivity contribution in [2.75, 3.05) is 6.61 Å². The fraction of sp³-hybridized carbons (Fsp3) is 0.600. The predicted molar refractivity (Wildman–Crippen MR) is 51.6 cm³/mol. The topological polar surface area (TPSA) is 55.4 Å². The summed E-state index contributed by atoms with van der Waals surface area (Å²) in [6.45, 7) is 2.41. The average Bonchev–Trinajstić information content (AvgIpc) is 2.52. The number of nitrogens with one attached hydrogen (secondary N) is 1. The minimum atomic E-state index is -0.433. The van der Waals surface area contributed by atoms with Crippen molar-refractivity contribution in [3.8, 4) is 0 Å². The molecule has 0 saturated carbocycles. The molecule has 1 atom stereocenters. The molecule has 0 aliphatic carbocycles. The molecule has 1 fully saturated rings. The van der Waals surface area contributed by atoms with E-state index >= 15 is 0 Å². The molecule has 1 rings (SSSR count). The van der Waals surface area contributed by atoms with E-state index in [2.05, 4.69) is 5.32 Å². The van der Waals surface area contributed by atoms with Gasteiger partial charge in [0.2, 0.25) is 5.91 Å². The highest BCUT2D eigenvalue weighted by molar-refractivity contribution is 5.85. The summed E-state index contributed by atoms with van der Waals surface area (Å²) in [4.78, 5) is 22.2. The molecule has 0 bridgehead atoms. The Morgan fingerprint density at radius 3 is 3.00 bits per heavy atom. The summed E-state index contributed by atoms with van der Waals surface area (Å²) in [6, 6.07) is -0.433. The Labute approximate surface area is 83.3 Å². The fourth-order valence-electron chi connectivity index (χ4n) is 1.24. The van der Waals surface area contributed by atoms with Crippen LogP contribution in [0, 0.1) is 0 Å². The summed E-state index contributed by atoms with van der Waals surface area (Å²) < 4.78 is 4.72. The fourth-order valence-corrected chi connectivity index (χ4v) is 1.24. The molecule has 0 aromatic carbocycles. The molecule has 0 aromatic rings. The molecule has 14 heavy (non-hydrogen) atoms. The number of carbonyl (C=O) groups is 2. The summed E-state index contributed by atoms with van der Waals surface area (Å²) in [5, 5.41) is 2.62. The van der Waals surface area contributed by atoms with Crippen LogP contribution in [0.4, 0.5) is 0 Å². The molecule has 0 aromatic heterocycles. The van der Waals surface area contributed by atoms with Crippen molar-refractivity contribution in [2.45, 2.75) is 32.2 Å². The zero-order chi connectivity index (χ0) is 10.4. The number of rotatable bonds is 4. The number of esters is 1. The molecule has 1 amide bonds. The van der Waals surface area contributed by atoms with E-state index in [-0.39, 0.29) is 11.9 Å². The van der Waals surface area contributed by atoms with Crippen molar-refractivity contribution in [2.24, 2.45) is 0 Å². The molecule has 4 heteroatoms. The number of hydrogen-bond donors (Lipinski definition) is 1. The summed E-state index contributed by atoms with van der Waals surface area (Å²) in [5.74, 6) is -0.448. The highest BCUT2D eigenvalue weighted by Crippen LogP contribution is 2.05. The Morgan fingerprint density at radius 2 is 2.43 bits per heavy atom. The molecular formula is C10H15NO3. The summed E-state index contributed by atoms with van der Waals surface area (Å²) in [6.07, 6.45) is 5.56. The second kappa shape index (κ2) is 5.42. The summed E-state index contributed by atoms with van der Waals surface area (Å²) >= 11 is 0. The van der Waals surface area contributed by atoms with Crippen LogP contribution in [0.2, 0.25) is 0 Å². The van der Waals surface area contributed by atoms with E-state index in [0.29, 0.717) is 19.4 Å². The number of allylic oxidation sites excluding steroid dienone is 1. The third kappa shape index (κ3) is 3.20. The van der Waals surface area contributed by atoms with Gasteiger partial charge in [0.25, 0.3) is 0 Å². The van der Waals surface area contributed by atoms with Crippen molar-refractivity contribution in [3.05, 3.63) is 12.2 Å². The van der Waals surface area contributed by atoms with E-state index < -0.39 is 6.04 Å². The molecule has 0 radical (unpaired) electrons. The van der Waals surface area contributed by atoms with Crippen LogP contribution >= 0.6 is 0 Å². The lowest BCUT2D eigenvalue weighted by molar-refractivity contribution is -0.141. The molecule has 1 aliphatic heterocycles. The van der Waals surface area contributed by atoms with Crippen molar-refractivity contribution < 1.29 is 14.3 Å². The molecule has 0 unspecified atom stereocenters. The maximum Gasteiger partial charge on any atom is 0.328 e. The van der Waals surface area contributed by atoms with Crippen LogP contribution in [-0.4, -0.2) is 24.5 Å². The van der Waals surface area contributed by atoms with E-state index in [0.717, 1.165) is 6.42 Å². The first-order chi connectivity index (χ1) is 6.74. The predicted octanol–water partition coefficient (Wildman–Crippen LogP) is 0.774. The molecule has 1 heterocycles. The van der Waals surface area contributed by atoms with Gasteiger partial charge in [0.15, 0.2) is 0 Å². The summed E-state index contributed by atoms with van der Waals surface area (Å²) in [7, 11) is 0. The molecular weight excluding hydrogens is 182 g/mol. The first-order valence-corrected chi connectivity index (χ1v) is 4.85. The molecule has 78 valence electrons. The van der Waals surface area contributed by atoms with Crippen LogP contribution in [-0.2, 0) is 14.3 Å². The standard InChI is InChI=1S/C10H15NO3/c1-2-3-4-5-9(12)11-8-6-7-14-10(8)13/h3-4,8H,2,5-7H2,1H3,(H,11,12)/t8-/m1/s1. The number of ether oxygens (including phenoxy) is 1. The maximum atomic E-state index is 11.2. The van der Waals surface area contributed by atoms with Crippen molar-refractivity contribution in [1.29, 1.82) is 0 Å². The van der Waals surface area contributed by atoms with Crippen LogP contribution in [0.5, 0.6) is 0 Å². The van der Waals surface area contributed by atoms with Gasteiger partial charge in [-0.3, -0.25) is 4.79 Å². The van der Waals surface area contributed by atoms with Crippen molar-refractivity contribution in [3.63, 3.8) is 0 Å². The minimum absolute atomic E-state index is 0.126. The third-order valence-corrected chi connectivity index (χ3v) is 1.98.